The molecule has 4 nitrogen and oxygen atoms in total. The normalized spacial score (nSPS) is 10.4. The summed E-state index contributed by atoms with van der Waals surface area (Å²) in [5.41, 5.74) is -0.0525. The third kappa shape index (κ3) is 3.25. The average molecular weight is 363 g/mol. The fourth-order valence-electron chi connectivity index (χ4n) is 1.35. The molecule has 0 aliphatic carbocycles. The Morgan fingerprint density at radius 3 is 2.83 bits per heavy atom. The van der Waals surface area contributed by atoms with Crippen LogP contribution in [0.1, 0.15) is 0 Å². The van der Waals surface area contributed by atoms with Gasteiger partial charge in [-0.05, 0) is 34.7 Å². The zero-order valence-electron chi connectivity index (χ0n) is 9.03. The molecule has 0 unspecified atom stereocenters. The number of carbonyl (C=O) groups is 1. The van der Waals surface area contributed by atoms with Crippen LogP contribution in [-0.2, 0) is 11.3 Å². The molecule has 0 spiro atoms. The summed E-state index contributed by atoms with van der Waals surface area (Å²) < 4.78 is 28.3. The Balaban J connectivity index is 2.03. The van der Waals surface area contributed by atoms with Crippen LogP contribution in [0.25, 0.3) is 0 Å². The zero-order chi connectivity index (χ0) is 13.1. The van der Waals surface area contributed by atoms with Crippen LogP contribution in [0.2, 0.25) is 0 Å². The lowest BCUT2D eigenvalue weighted by Gasteiger charge is -2.06. The van der Waals surface area contributed by atoms with Crippen LogP contribution in [0.4, 0.5) is 14.5 Å². The van der Waals surface area contributed by atoms with Gasteiger partial charge in [0.25, 0.3) is 0 Å². The van der Waals surface area contributed by atoms with E-state index < -0.39 is 17.5 Å². The smallest absolute Gasteiger partial charge is 0.246 e. The Labute approximate surface area is 115 Å². The van der Waals surface area contributed by atoms with E-state index in [0.29, 0.717) is 6.07 Å². The number of carbonyl (C=O) groups excluding carboxylic acids is 1. The fraction of sp³-hybridized carbons (Fsp3) is 0.0909. The first-order chi connectivity index (χ1) is 8.54. The maximum atomic E-state index is 13.3. The van der Waals surface area contributed by atoms with E-state index in [1.54, 1.807) is 12.4 Å². The van der Waals surface area contributed by atoms with Gasteiger partial charge in [-0.15, -0.1) is 0 Å². The number of rotatable bonds is 3. The number of benzene rings is 1. The van der Waals surface area contributed by atoms with Crippen molar-refractivity contribution in [2.24, 2.45) is 0 Å². The summed E-state index contributed by atoms with van der Waals surface area (Å²) >= 11 is 2.06. The van der Waals surface area contributed by atoms with E-state index in [4.69, 9.17) is 0 Å². The SMILES string of the molecule is O=C(Cn1cc(I)cn1)Nc1ccc(F)cc1F. The summed E-state index contributed by atoms with van der Waals surface area (Å²) in [4.78, 5) is 11.6. The highest BCUT2D eigenvalue weighted by atomic mass is 127. The molecule has 0 atom stereocenters. The van der Waals surface area contributed by atoms with E-state index in [9.17, 15) is 13.6 Å². The standard InChI is InChI=1S/C11H8F2IN3O/c12-7-1-2-10(9(13)3-7)16-11(18)6-17-5-8(14)4-15-17/h1-5H,6H2,(H,16,18). The zero-order valence-corrected chi connectivity index (χ0v) is 11.2. The van der Waals surface area contributed by atoms with Gasteiger partial charge in [-0.3, -0.25) is 9.48 Å². The van der Waals surface area contributed by atoms with Gasteiger partial charge in [-0.1, -0.05) is 0 Å². The van der Waals surface area contributed by atoms with Gasteiger partial charge >= 0.3 is 0 Å². The van der Waals surface area contributed by atoms with Crippen molar-refractivity contribution in [3.63, 3.8) is 0 Å². The minimum Gasteiger partial charge on any atom is -0.322 e. The van der Waals surface area contributed by atoms with Gasteiger partial charge in [0, 0.05) is 12.3 Å². The summed E-state index contributed by atoms with van der Waals surface area (Å²) in [7, 11) is 0. The number of hydrogen-bond donors (Lipinski definition) is 1. The summed E-state index contributed by atoms with van der Waals surface area (Å²) in [6, 6.07) is 2.97. The summed E-state index contributed by atoms with van der Waals surface area (Å²) in [6.07, 6.45) is 3.29. The molecule has 0 radical (unpaired) electrons. The lowest BCUT2D eigenvalue weighted by Crippen LogP contribution is -2.19. The molecule has 1 amide bonds. The largest absolute Gasteiger partial charge is 0.322 e. The second kappa shape index (κ2) is 5.42. The predicted octanol–water partition coefficient (Wildman–Crippen LogP) is 2.40. The van der Waals surface area contributed by atoms with Crippen LogP contribution in [0.5, 0.6) is 0 Å². The van der Waals surface area contributed by atoms with Gasteiger partial charge in [0.2, 0.25) is 5.91 Å². The predicted molar refractivity (Wildman–Crippen MR) is 69.9 cm³/mol. The second-order valence-corrected chi connectivity index (χ2v) is 4.77. The molecule has 2 aromatic rings. The first-order valence-electron chi connectivity index (χ1n) is 4.97. The Hall–Kier alpha value is -1.51. The minimum atomic E-state index is -0.807. The lowest BCUT2D eigenvalue weighted by molar-refractivity contribution is -0.116. The first-order valence-corrected chi connectivity index (χ1v) is 6.05. The molecule has 94 valence electrons. The topological polar surface area (TPSA) is 46.9 Å². The van der Waals surface area contributed by atoms with Gasteiger partial charge in [0.05, 0.1) is 15.5 Å². The number of halogens is 3. The molecule has 1 aromatic heterocycles. The quantitative estimate of drug-likeness (QED) is 0.852. The number of hydrogen-bond acceptors (Lipinski definition) is 2. The molecular formula is C11H8F2IN3O. The van der Waals surface area contributed by atoms with E-state index in [1.807, 2.05) is 0 Å². The maximum absolute atomic E-state index is 13.3. The molecular weight excluding hydrogens is 355 g/mol. The Morgan fingerprint density at radius 2 is 2.22 bits per heavy atom. The van der Waals surface area contributed by atoms with Crippen molar-refractivity contribution in [1.29, 1.82) is 0 Å². The summed E-state index contributed by atoms with van der Waals surface area (Å²) in [5, 5.41) is 6.28. The molecule has 1 N–H and O–H groups in total. The van der Waals surface area contributed by atoms with Crippen LogP contribution in [0, 0.1) is 15.2 Å². The molecule has 0 saturated carbocycles. The number of nitrogens with zero attached hydrogens (tertiary/aromatic N) is 2. The summed E-state index contributed by atoms with van der Waals surface area (Å²) in [6.45, 7) is -0.0280. The fourth-order valence-corrected chi connectivity index (χ4v) is 1.80. The van der Waals surface area contributed by atoms with E-state index in [1.165, 1.54) is 10.7 Å². The molecule has 7 heteroatoms. The molecule has 0 aliphatic rings. The van der Waals surface area contributed by atoms with Crippen molar-refractivity contribution in [3.05, 3.63) is 45.8 Å². The van der Waals surface area contributed by atoms with Gasteiger partial charge in [-0.25, -0.2) is 8.78 Å². The molecule has 18 heavy (non-hydrogen) atoms. The van der Waals surface area contributed by atoms with Crippen LogP contribution < -0.4 is 5.32 Å². The van der Waals surface area contributed by atoms with Crippen LogP contribution >= 0.6 is 22.6 Å². The van der Waals surface area contributed by atoms with Crippen LogP contribution in [0.15, 0.2) is 30.6 Å². The molecule has 1 aromatic carbocycles. The van der Waals surface area contributed by atoms with Gasteiger partial charge in [0.15, 0.2) is 0 Å². The highest BCUT2D eigenvalue weighted by Crippen LogP contribution is 2.14. The summed E-state index contributed by atoms with van der Waals surface area (Å²) in [5.74, 6) is -1.93. The van der Waals surface area contributed by atoms with E-state index in [2.05, 4.69) is 33.0 Å². The number of nitrogens with one attached hydrogen (secondary N) is 1. The van der Waals surface area contributed by atoms with Crippen molar-refractivity contribution in [3.8, 4) is 0 Å². The maximum Gasteiger partial charge on any atom is 0.246 e. The van der Waals surface area contributed by atoms with Crippen molar-refractivity contribution in [2.45, 2.75) is 6.54 Å². The van der Waals surface area contributed by atoms with E-state index in [-0.39, 0.29) is 12.2 Å². The number of amides is 1. The van der Waals surface area contributed by atoms with Crippen molar-refractivity contribution in [1.82, 2.24) is 9.78 Å². The number of aromatic nitrogens is 2. The average Bonchev–Trinajstić information content (AvgIpc) is 2.68. The highest BCUT2D eigenvalue weighted by Gasteiger charge is 2.09. The van der Waals surface area contributed by atoms with E-state index in [0.717, 1.165) is 9.64 Å². The van der Waals surface area contributed by atoms with Crippen LogP contribution in [0.3, 0.4) is 0 Å². The van der Waals surface area contributed by atoms with Crippen molar-refractivity contribution >= 4 is 34.2 Å². The van der Waals surface area contributed by atoms with E-state index >= 15 is 0 Å². The Morgan fingerprint density at radius 1 is 1.44 bits per heavy atom. The van der Waals surface area contributed by atoms with Gasteiger partial charge < -0.3 is 5.32 Å². The first kappa shape index (κ1) is 12.9. The molecule has 1 heterocycles. The molecule has 0 saturated heterocycles. The third-order valence-electron chi connectivity index (χ3n) is 2.11. The Kier molecular flexibility index (Phi) is 3.90. The van der Waals surface area contributed by atoms with Crippen molar-refractivity contribution in [2.75, 3.05) is 5.32 Å². The molecule has 0 fully saturated rings. The molecule has 0 aliphatic heterocycles. The number of anilines is 1. The van der Waals surface area contributed by atoms with Gasteiger partial charge in [-0.2, -0.15) is 5.10 Å². The highest BCUT2D eigenvalue weighted by molar-refractivity contribution is 14.1. The minimum absolute atomic E-state index is 0.0280. The Bertz CT molecular complexity index is 585. The second-order valence-electron chi connectivity index (χ2n) is 3.53. The van der Waals surface area contributed by atoms with Crippen LogP contribution in [-0.4, -0.2) is 15.7 Å². The van der Waals surface area contributed by atoms with Gasteiger partial charge in [0.1, 0.15) is 18.2 Å². The molecule has 0 bridgehead atoms. The van der Waals surface area contributed by atoms with Crippen molar-refractivity contribution < 1.29 is 13.6 Å². The third-order valence-corrected chi connectivity index (χ3v) is 2.67. The molecule has 2 rings (SSSR count). The lowest BCUT2D eigenvalue weighted by atomic mass is 10.3. The monoisotopic (exact) mass is 363 g/mol.